The molecule has 0 aromatic heterocycles. The van der Waals surface area contributed by atoms with Crippen molar-refractivity contribution in [3.8, 4) is 5.75 Å². The summed E-state index contributed by atoms with van der Waals surface area (Å²) in [5.41, 5.74) is 1.21. The molecule has 0 bridgehead atoms. The summed E-state index contributed by atoms with van der Waals surface area (Å²) in [7, 11) is 0. The SMILES string of the molecule is O=C(COc1cccc([N+](=O)[O-])c1)NCC1CCCCN1Cc1ccccc1. The van der Waals surface area contributed by atoms with Crippen LogP contribution in [0.5, 0.6) is 5.75 Å². The lowest BCUT2D eigenvalue weighted by Gasteiger charge is -2.35. The highest BCUT2D eigenvalue weighted by Crippen LogP contribution is 2.20. The summed E-state index contributed by atoms with van der Waals surface area (Å²) in [5, 5.41) is 13.7. The molecule has 1 amide bonds. The molecule has 1 fully saturated rings. The highest BCUT2D eigenvalue weighted by Gasteiger charge is 2.23. The first-order chi connectivity index (χ1) is 13.6. The number of hydrogen-bond donors (Lipinski definition) is 1. The van der Waals surface area contributed by atoms with Gasteiger partial charge in [0.2, 0.25) is 0 Å². The summed E-state index contributed by atoms with van der Waals surface area (Å²) in [5.74, 6) is 0.0875. The molecule has 1 atom stereocenters. The fourth-order valence-electron chi connectivity index (χ4n) is 3.44. The van der Waals surface area contributed by atoms with Crippen molar-refractivity contribution in [1.29, 1.82) is 0 Å². The van der Waals surface area contributed by atoms with Crippen LogP contribution in [0.4, 0.5) is 5.69 Å². The first kappa shape index (κ1) is 19.8. The molecule has 1 aliphatic heterocycles. The minimum absolute atomic E-state index is 0.0586. The first-order valence-corrected chi connectivity index (χ1v) is 9.54. The second-order valence-electron chi connectivity index (χ2n) is 6.95. The number of amides is 1. The predicted molar refractivity (Wildman–Crippen MR) is 106 cm³/mol. The van der Waals surface area contributed by atoms with Crippen molar-refractivity contribution >= 4 is 11.6 Å². The zero-order valence-electron chi connectivity index (χ0n) is 15.8. The number of nitro benzene ring substituents is 1. The van der Waals surface area contributed by atoms with Gasteiger partial charge < -0.3 is 10.1 Å². The summed E-state index contributed by atoms with van der Waals surface area (Å²) in [6.07, 6.45) is 3.39. The number of hydrogen-bond acceptors (Lipinski definition) is 5. The van der Waals surface area contributed by atoms with Crippen LogP contribution in [0, 0.1) is 10.1 Å². The largest absolute Gasteiger partial charge is 0.484 e. The smallest absolute Gasteiger partial charge is 0.273 e. The Hall–Kier alpha value is -2.93. The van der Waals surface area contributed by atoms with Crippen LogP contribution in [0.25, 0.3) is 0 Å². The molecule has 3 rings (SSSR count). The number of nitro groups is 1. The lowest BCUT2D eigenvalue weighted by Crippen LogP contribution is -2.46. The summed E-state index contributed by atoms with van der Waals surface area (Å²) >= 11 is 0. The average molecular weight is 383 g/mol. The summed E-state index contributed by atoms with van der Waals surface area (Å²) in [6, 6.07) is 16.5. The van der Waals surface area contributed by atoms with E-state index >= 15 is 0 Å². The van der Waals surface area contributed by atoms with Crippen LogP contribution in [-0.2, 0) is 11.3 Å². The van der Waals surface area contributed by atoms with Crippen LogP contribution in [0.3, 0.4) is 0 Å². The normalized spacial score (nSPS) is 17.1. The van der Waals surface area contributed by atoms with E-state index in [2.05, 4.69) is 22.3 Å². The molecule has 1 saturated heterocycles. The minimum atomic E-state index is -0.489. The molecule has 28 heavy (non-hydrogen) atoms. The zero-order valence-corrected chi connectivity index (χ0v) is 15.8. The number of carbonyl (C=O) groups excluding carboxylic acids is 1. The number of nitrogens with zero attached hydrogens (tertiary/aromatic N) is 2. The predicted octanol–water partition coefficient (Wildman–Crippen LogP) is 3.14. The van der Waals surface area contributed by atoms with Crippen molar-refractivity contribution in [1.82, 2.24) is 10.2 Å². The Morgan fingerprint density at radius 1 is 1.18 bits per heavy atom. The minimum Gasteiger partial charge on any atom is -0.484 e. The van der Waals surface area contributed by atoms with E-state index in [-0.39, 0.29) is 18.2 Å². The number of ether oxygens (including phenoxy) is 1. The van der Waals surface area contributed by atoms with E-state index in [0.717, 1.165) is 25.9 Å². The Balaban J connectivity index is 1.47. The van der Waals surface area contributed by atoms with E-state index in [1.807, 2.05) is 18.2 Å². The topological polar surface area (TPSA) is 84.7 Å². The molecule has 148 valence electrons. The number of non-ortho nitro benzene ring substituents is 1. The van der Waals surface area contributed by atoms with Crippen molar-refractivity contribution in [3.05, 3.63) is 70.3 Å². The number of carbonyl (C=O) groups is 1. The van der Waals surface area contributed by atoms with Gasteiger partial charge in [-0.15, -0.1) is 0 Å². The molecule has 0 aliphatic carbocycles. The van der Waals surface area contributed by atoms with Gasteiger partial charge in [-0.3, -0.25) is 19.8 Å². The molecular formula is C21H25N3O4. The van der Waals surface area contributed by atoms with Crippen molar-refractivity contribution < 1.29 is 14.5 Å². The number of benzene rings is 2. The molecule has 7 heteroatoms. The van der Waals surface area contributed by atoms with Crippen LogP contribution in [-0.4, -0.2) is 41.5 Å². The zero-order chi connectivity index (χ0) is 19.8. The first-order valence-electron chi connectivity index (χ1n) is 9.54. The molecule has 2 aromatic rings. The second kappa shape index (κ2) is 9.85. The van der Waals surface area contributed by atoms with Crippen molar-refractivity contribution in [2.24, 2.45) is 0 Å². The number of piperidine rings is 1. The second-order valence-corrected chi connectivity index (χ2v) is 6.95. The fourth-order valence-corrected chi connectivity index (χ4v) is 3.44. The monoisotopic (exact) mass is 383 g/mol. The van der Waals surface area contributed by atoms with Gasteiger partial charge in [-0.25, -0.2) is 0 Å². The van der Waals surface area contributed by atoms with Crippen molar-refractivity contribution in [2.75, 3.05) is 19.7 Å². The van der Waals surface area contributed by atoms with Gasteiger partial charge >= 0.3 is 0 Å². The molecule has 1 N–H and O–H groups in total. The van der Waals surface area contributed by atoms with Crippen LogP contribution in [0.15, 0.2) is 54.6 Å². The van der Waals surface area contributed by atoms with Gasteiger partial charge in [0.25, 0.3) is 11.6 Å². The van der Waals surface area contributed by atoms with E-state index in [1.165, 1.54) is 30.2 Å². The third-order valence-corrected chi connectivity index (χ3v) is 4.91. The molecule has 0 radical (unpaired) electrons. The highest BCUT2D eigenvalue weighted by atomic mass is 16.6. The summed E-state index contributed by atoms with van der Waals surface area (Å²) < 4.78 is 5.39. The Labute approximate surface area is 164 Å². The molecule has 7 nitrogen and oxygen atoms in total. The molecule has 2 aromatic carbocycles. The molecule has 1 unspecified atom stereocenters. The fraction of sp³-hybridized carbons (Fsp3) is 0.381. The van der Waals surface area contributed by atoms with Gasteiger partial charge in [0, 0.05) is 25.2 Å². The maximum absolute atomic E-state index is 12.2. The number of likely N-dealkylation sites (tertiary alicyclic amines) is 1. The van der Waals surface area contributed by atoms with Gasteiger partial charge in [0.05, 0.1) is 11.0 Å². The third-order valence-electron chi connectivity index (χ3n) is 4.91. The Morgan fingerprint density at radius 2 is 2.00 bits per heavy atom. The van der Waals surface area contributed by atoms with E-state index in [0.29, 0.717) is 18.3 Å². The number of rotatable bonds is 8. The van der Waals surface area contributed by atoms with Crippen LogP contribution >= 0.6 is 0 Å². The lowest BCUT2D eigenvalue weighted by atomic mass is 10.0. The quantitative estimate of drug-likeness (QED) is 0.559. The van der Waals surface area contributed by atoms with E-state index < -0.39 is 4.92 Å². The van der Waals surface area contributed by atoms with Gasteiger partial charge in [0.15, 0.2) is 6.61 Å². The van der Waals surface area contributed by atoms with Gasteiger partial charge in [0.1, 0.15) is 5.75 Å². The molecule has 1 heterocycles. The van der Waals surface area contributed by atoms with Crippen molar-refractivity contribution in [3.63, 3.8) is 0 Å². The van der Waals surface area contributed by atoms with Crippen LogP contribution in [0.1, 0.15) is 24.8 Å². The summed E-state index contributed by atoms with van der Waals surface area (Å²) in [6.45, 7) is 2.32. The molecule has 0 saturated carbocycles. The number of nitrogens with one attached hydrogen (secondary N) is 1. The third kappa shape index (κ3) is 5.79. The molecule has 1 aliphatic rings. The van der Waals surface area contributed by atoms with Gasteiger partial charge in [-0.1, -0.05) is 42.8 Å². The van der Waals surface area contributed by atoms with Gasteiger partial charge in [-0.05, 0) is 31.0 Å². The van der Waals surface area contributed by atoms with E-state index in [1.54, 1.807) is 6.07 Å². The standard InChI is InChI=1S/C21H25N3O4/c25-21(16-28-20-11-6-10-18(13-20)24(26)27)22-14-19-9-4-5-12-23(19)15-17-7-2-1-3-8-17/h1-3,6-8,10-11,13,19H,4-5,9,12,14-16H2,(H,22,25). The van der Waals surface area contributed by atoms with E-state index in [4.69, 9.17) is 4.74 Å². The Bertz CT molecular complexity index is 797. The van der Waals surface area contributed by atoms with Crippen LogP contribution < -0.4 is 10.1 Å². The maximum atomic E-state index is 12.2. The molecular weight excluding hydrogens is 358 g/mol. The van der Waals surface area contributed by atoms with E-state index in [9.17, 15) is 14.9 Å². The lowest BCUT2D eigenvalue weighted by molar-refractivity contribution is -0.384. The Morgan fingerprint density at radius 3 is 2.79 bits per heavy atom. The Kier molecular flexibility index (Phi) is 6.97. The average Bonchev–Trinajstić information content (AvgIpc) is 2.72. The van der Waals surface area contributed by atoms with Gasteiger partial charge in [-0.2, -0.15) is 0 Å². The maximum Gasteiger partial charge on any atom is 0.273 e. The summed E-state index contributed by atoms with van der Waals surface area (Å²) in [4.78, 5) is 24.9. The van der Waals surface area contributed by atoms with Crippen molar-refractivity contribution in [2.45, 2.75) is 31.8 Å². The molecule has 0 spiro atoms. The van der Waals surface area contributed by atoms with Crippen LogP contribution in [0.2, 0.25) is 0 Å². The highest BCUT2D eigenvalue weighted by molar-refractivity contribution is 5.77.